The quantitative estimate of drug-likeness (QED) is 0.407. The number of aromatic nitrogens is 1. The second-order valence-corrected chi connectivity index (χ2v) is 8.95. The second kappa shape index (κ2) is 8.65. The van der Waals surface area contributed by atoms with E-state index in [4.69, 9.17) is 9.26 Å². The second-order valence-electron chi connectivity index (χ2n) is 7.09. The molecule has 0 N–H and O–H groups in total. The molecule has 0 aliphatic carbocycles. The van der Waals surface area contributed by atoms with Crippen LogP contribution in [0.4, 0.5) is 5.88 Å². The molecule has 0 bridgehead atoms. The van der Waals surface area contributed by atoms with Gasteiger partial charge in [-0.25, -0.2) is 12.7 Å². The molecule has 0 saturated carbocycles. The molecule has 0 radical (unpaired) electrons. The van der Waals surface area contributed by atoms with Crippen LogP contribution < -0.4 is 9.04 Å². The van der Waals surface area contributed by atoms with Crippen LogP contribution in [0.15, 0.2) is 94.3 Å². The Labute approximate surface area is 181 Å². The summed E-state index contributed by atoms with van der Waals surface area (Å²) in [5, 5.41) is 4.10. The third-order valence-corrected chi connectivity index (χ3v) is 6.66. The number of nitrogens with zero attached hydrogens (tertiary/aromatic N) is 2. The van der Waals surface area contributed by atoms with E-state index in [0.717, 1.165) is 22.4 Å². The Kier molecular flexibility index (Phi) is 5.77. The molecule has 0 spiro atoms. The number of hydrogen-bond acceptors (Lipinski definition) is 5. The van der Waals surface area contributed by atoms with Crippen molar-refractivity contribution in [3.63, 3.8) is 0 Å². The van der Waals surface area contributed by atoms with Gasteiger partial charge in [-0.15, -0.1) is 0 Å². The first-order chi connectivity index (χ1) is 15.0. The standard InChI is InChI=1S/C24H22N2O4S/c1-18-8-14-22(15-9-18)31(27,28)26(17-19-6-4-3-5-7-19)24-16-23(25-30-24)20-10-12-21(29-2)13-11-20/h3-16H,17H2,1-2H3. The maximum Gasteiger partial charge on any atom is 0.266 e. The van der Waals surface area contributed by atoms with Crippen LogP contribution in [-0.4, -0.2) is 20.7 Å². The molecule has 31 heavy (non-hydrogen) atoms. The third kappa shape index (κ3) is 4.46. The zero-order valence-electron chi connectivity index (χ0n) is 17.2. The van der Waals surface area contributed by atoms with E-state index in [-0.39, 0.29) is 17.3 Å². The summed E-state index contributed by atoms with van der Waals surface area (Å²) in [6.45, 7) is 2.03. The van der Waals surface area contributed by atoms with Crippen molar-refractivity contribution in [1.29, 1.82) is 0 Å². The molecule has 1 aromatic heterocycles. The molecule has 4 aromatic rings. The van der Waals surface area contributed by atoms with Crippen LogP contribution in [0.3, 0.4) is 0 Å². The highest BCUT2D eigenvalue weighted by Crippen LogP contribution is 2.30. The number of sulfonamides is 1. The third-order valence-electron chi connectivity index (χ3n) is 4.91. The first kappa shape index (κ1) is 20.7. The van der Waals surface area contributed by atoms with Gasteiger partial charge in [0, 0.05) is 11.6 Å². The number of aryl methyl sites for hydroxylation is 1. The summed E-state index contributed by atoms with van der Waals surface area (Å²) in [5.41, 5.74) is 3.15. The predicted octanol–water partition coefficient (Wildman–Crippen LogP) is 5.05. The Morgan fingerprint density at radius 2 is 1.61 bits per heavy atom. The lowest BCUT2D eigenvalue weighted by Gasteiger charge is -2.21. The molecule has 0 saturated heterocycles. The summed E-state index contributed by atoms with van der Waals surface area (Å²) >= 11 is 0. The van der Waals surface area contributed by atoms with Gasteiger partial charge in [-0.2, -0.15) is 0 Å². The fourth-order valence-corrected chi connectivity index (χ4v) is 4.53. The van der Waals surface area contributed by atoms with E-state index in [1.165, 1.54) is 4.31 Å². The van der Waals surface area contributed by atoms with E-state index in [1.807, 2.05) is 61.5 Å². The van der Waals surface area contributed by atoms with E-state index >= 15 is 0 Å². The van der Waals surface area contributed by atoms with Gasteiger partial charge in [0.25, 0.3) is 10.0 Å². The number of methoxy groups -OCH3 is 1. The van der Waals surface area contributed by atoms with Crippen molar-refractivity contribution < 1.29 is 17.7 Å². The first-order valence-electron chi connectivity index (χ1n) is 9.72. The van der Waals surface area contributed by atoms with E-state index in [0.29, 0.717) is 5.69 Å². The minimum atomic E-state index is -3.87. The van der Waals surface area contributed by atoms with Crippen LogP contribution in [0.2, 0.25) is 0 Å². The molecule has 1 heterocycles. The summed E-state index contributed by atoms with van der Waals surface area (Å²) in [7, 11) is -2.27. The molecule has 0 fully saturated rings. The van der Waals surface area contributed by atoms with Crippen molar-refractivity contribution in [2.75, 3.05) is 11.4 Å². The van der Waals surface area contributed by atoms with Gasteiger partial charge in [0.2, 0.25) is 5.88 Å². The van der Waals surface area contributed by atoms with Crippen molar-refractivity contribution >= 4 is 15.9 Å². The van der Waals surface area contributed by atoms with Gasteiger partial charge in [-0.1, -0.05) is 53.2 Å². The van der Waals surface area contributed by atoms with Crippen LogP contribution in [0.25, 0.3) is 11.3 Å². The highest BCUT2D eigenvalue weighted by Gasteiger charge is 2.28. The zero-order chi connectivity index (χ0) is 21.8. The normalized spacial score (nSPS) is 11.3. The van der Waals surface area contributed by atoms with Crippen LogP contribution in [0, 0.1) is 6.92 Å². The molecule has 0 aliphatic heterocycles. The Morgan fingerprint density at radius 1 is 0.935 bits per heavy atom. The van der Waals surface area contributed by atoms with Crippen LogP contribution in [0.5, 0.6) is 5.75 Å². The monoisotopic (exact) mass is 434 g/mol. The van der Waals surface area contributed by atoms with Crippen molar-refractivity contribution in [3.8, 4) is 17.0 Å². The zero-order valence-corrected chi connectivity index (χ0v) is 18.0. The molecule has 0 amide bonds. The molecule has 0 unspecified atom stereocenters. The Bertz CT molecular complexity index is 1250. The van der Waals surface area contributed by atoms with E-state index < -0.39 is 10.0 Å². The molecule has 3 aromatic carbocycles. The van der Waals surface area contributed by atoms with Gasteiger partial charge in [0.15, 0.2) is 0 Å². The molecular formula is C24H22N2O4S. The highest BCUT2D eigenvalue weighted by molar-refractivity contribution is 7.92. The first-order valence-corrected chi connectivity index (χ1v) is 11.2. The smallest absolute Gasteiger partial charge is 0.266 e. The highest BCUT2D eigenvalue weighted by atomic mass is 32.2. The predicted molar refractivity (Wildman–Crippen MR) is 119 cm³/mol. The molecular weight excluding hydrogens is 412 g/mol. The number of benzene rings is 3. The Morgan fingerprint density at radius 3 is 2.26 bits per heavy atom. The van der Waals surface area contributed by atoms with Gasteiger partial charge >= 0.3 is 0 Å². The molecule has 158 valence electrons. The fraction of sp³-hybridized carbons (Fsp3) is 0.125. The fourth-order valence-electron chi connectivity index (χ4n) is 3.15. The van der Waals surface area contributed by atoms with Crippen LogP contribution >= 0.6 is 0 Å². The number of ether oxygens (including phenoxy) is 1. The molecule has 4 rings (SSSR count). The van der Waals surface area contributed by atoms with Crippen molar-refractivity contribution in [2.24, 2.45) is 0 Å². The SMILES string of the molecule is COc1ccc(-c2cc(N(Cc3ccccc3)S(=O)(=O)c3ccc(C)cc3)on2)cc1. The lowest BCUT2D eigenvalue weighted by Crippen LogP contribution is -2.30. The lowest BCUT2D eigenvalue weighted by atomic mass is 10.1. The van der Waals surface area contributed by atoms with Crippen molar-refractivity contribution in [2.45, 2.75) is 18.4 Å². The van der Waals surface area contributed by atoms with Crippen molar-refractivity contribution in [1.82, 2.24) is 5.16 Å². The van der Waals surface area contributed by atoms with Gasteiger partial charge in [0.1, 0.15) is 11.4 Å². The topological polar surface area (TPSA) is 72.6 Å². The van der Waals surface area contributed by atoms with Gasteiger partial charge in [-0.05, 0) is 48.9 Å². The van der Waals surface area contributed by atoms with E-state index in [1.54, 1.807) is 37.4 Å². The molecule has 7 heteroatoms. The molecule has 0 aliphatic rings. The Hall–Kier alpha value is -3.58. The maximum absolute atomic E-state index is 13.5. The summed E-state index contributed by atoms with van der Waals surface area (Å²) in [6.07, 6.45) is 0. The Balaban J connectivity index is 1.74. The minimum Gasteiger partial charge on any atom is -0.497 e. The average molecular weight is 435 g/mol. The van der Waals surface area contributed by atoms with Gasteiger partial charge in [0.05, 0.1) is 18.6 Å². The number of rotatable bonds is 7. The van der Waals surface area contributed by atoms with Gasteiger partial charge in [-0.3, -0.25) is 0 Å². The van der Waals surface area contributed by atoms with Gasteiger partial charge < -0.3 is 9.26 Å². The summed E-state index contributed by atoms with van der Waals surface area (Å²) in [4.78, 5) is 0.191. The average Bonchev–Trinajstić information content (AvgIpc) is 3.28. The largest absolute Gasteiger partial charge is 0.497 e. The summed E-state index contributed by atoms with van der Waals surface area (Å²) in [6, 6.07) is 25.1. The number of hydrogen-bond donors (Lipinski definition) is 0. The molecule has 0 atom stereocenters. The maximum atomic E-state index is 13.5. The van der Waals surface area contributed by atoms with Crippen LogP contribution in [-0.2, 0) is 16.6 Å². The van der Waals surface area contributed by atoms with Crippen molar-refractivity contribution in [3.05, 3.63) is 96.1 Å². The molecule has 6 nitrogen and oxygen atoms in total. The van der Waals surface area contributed by atoms with Crippen LogP contribution in [0.1, 0.15) is 11.1 Å². The van der Waals surface area contributed by atoms with E-state index in [2.05, 4.69) is 5.16 Å². The van der Waals surface area contributed by atoms with E-state index in [9.17, 15) is 8.42 Å². The summed E-state index contributed by atoms with van der Waals surface area (Å²) < 4.78 is 38.9. The summed E-state index contributed by atoms with van der Waals surface area (Å²) in [5.74, 6) is 0.871. The minimum absolute atomic E-state index is 0.119. The number of anilines is 1. The lowest BCUT2D eigenvalue weighted by molar-refractivity contribution is 0.414.